The summed E-state index contributed by atoms with van der Waals surface area (Å²) in [6, 6.07) is 14.9. The van der Waals surface area contributed by atoms with Gasteiger partial charge in [-0.15, -0.1) is 0 Å². The number of halogens is 2. The summed E-state index contributed by atoms with van der Waals surface area (Å²) in [4.78, 5) is 12.3. The predicted molar refractivity (Wildman–Crippen MR) is 121 cm³/mol. The summed E-state index contributed by atoms with van der Waals surface area (Å²) < 4.78 is 8.31. The Morgan fingerprint density at radius 3 is 2.57 bits per heavy atom. The van der Waals surface area contributed by atoms with Gasteiger partial charge in [0.25, 0.3) is 5.91 Å². The molecule has 0 atom stereocenters. The van der Waals surface area contributed by atoms with Crippen LogP contribution in [0.2, 0.25) is 5.02 Å². The van der Waals surface area contributed by atoms with Gasteiger partial charge in [-0.3, -0.25) is 4.79 Å². The van der Waals surface area contributed by atoms with Crippen molar-refractivity contribution in [2.24, 2.45) is 5.10 Å². The molecule has 5 nitrogen and oxygen atoms in total. The molecule has 144 valence electrons. The van der Waals surface area contributed by atoms with Crippen molar-refractivity contribution in [3.05, 3.63) is 79.6 Å². The number of methoxy groups -OCH3 is 1. The molecule has 0 bridgehead atoms. The zero-order valence-corrected chi connectivity index (χ0v) is 18.6. The van der Waals surface area contributed by atoms with E-state index < -0.39 is 0 Å². The number of aromatic nitrogens is 1. The van der Waals surface area contributed by atoms with E-state index in [2.05, 4.69) is 37.7 Å². The molecule has 1 N–H and O–H groups in total. The number of amides is 1. The van der Waals surface area contributed by atoms with E-state index in [0.717, 1.165) is 26.2 Å². The molecule has 1 heterocycles. The zero-order valence-electron chi connectivity index (χ0n) is 15.7. The van der Waals surface area contributed by atoms with Gasteiger partial charge in [-0.05, 0) is 85.0 Å². The molecule has 0 aliphatic heterocycles. The van der Waals surface area contributed by atoms with Crippen LogP contribution in [0.15, 0.2) is 53.6 Å². The third-order valence-electron chi connectivity index (χ3n) is 4.34. The summed E-state index contributed by atoms with van der Waals surface area (Å²) >= 11 is 8.14. The maximum atomic E-state index is 12.3. The average Bonchev–Trinajstić information content (AvgIpc) is 2.96. The van der Waals surface area contributed by atoms with E-state index in [1.54, 1.807) is 25.5 Å². The van der Waals surface area contributed by atoms with Gasteiger partial charge in [-0.2, -0.15) is 5.10 Å². The fourth-order valence-corrected chi connectivity index (χ4v) is 3.61. The summed E-state index contributed by atoms with van der Waals surface area (Å²) in [6.07, 6.45) is 1.65. The predicted octanol–water partition coefficient (Wildman–Crippen LogP) is 5.12. The van der Waals surface area contributed by atoms with Crippen LogP contribution in [0, 0.1) is 17.4 Å². The Labute approximate surface area is 182 Å². The lowest BCUT2D eigenvalue weighted by Gasteiger charge is -2.09. The highest BCUT2D eigenvalue weighted by molar-refractivity contribution is 14.1. The third-order valence-corrected chi connectivity index (χ3v) is 5.48. The van der Waals surface area contributed by atoms with Crippen molar-refractivity contribution in [3.63, 3.8) is 0 Å². The maximum absolute atomic E-state index is 12.3. The summed E-state index contributed by atoms with van der Waals surface area (Å²) in [6.45, 7) is 4.03. The van der Waals surface area contributed by atoms with Crippen molar-refractivity contribution in [1.82, 2.24) is 9.99 Å². The summed E-state index contributed by atoms with van der Waals surface area (Å²) in [5.41, 5.74) is 7.09. The van der Waals surface area contributed by atoms with Crippen molar-refractivity contribution in [2.45, 2.75) is 13.8 Å². The summed E-state index contributed by atoms with van der Waals surface area (Å²) in [5, 5.41) is 4.81. The molecule has 0 aliphatic rings. The highest BCUT2D eigenvalue weighted by Crippen LogP contribution is 2.22. The molecular formula is C21H19ClIN3O2. The average molecular weight is 508 g/mol. The van der Waals surface area contributed by atoms with Gasteiger partial charge in [0.15, 0.2) is 0 Å². The second kappa shape index (κ2) is 8.79. The number of carbonyl (C=O) groups excluding carboxylic acids is 1. The summed E-state index contributed by atoms with van der Waals surface area (Å²) in [5.74, 6) is 0.362. The van der Waals surface area contributed by atoms with Crippen LogP contribution < -0.4 is 10.2 Å². The molecule has 7 heteroatoms. The van der Waals surface area contributed by atoms with Crippen LogP contribution in [-0.4, -0.2) is 23.8 Å². The molecule has 0 spiro atoms. The van der Waals surface area contributed by atoms with Gasteiger partial charge in [-0.1, -0.05) is 11.6 Å². The number of benzene rings is 2. The molecular weight excluding hydrogens is 489 g/mol. The number of ether oxygens (including phenoxy) is 1. The lowest BCUT2D eigenvalue weighted by Crippen LogP contribution is -2.17. The number of hydrogen-bond donors (Lipinski definition) is 1. The SMILES string of the molecule is COc1cc(C(=O)N/N=C/c2cc(C)n(-c3ccc(Cl)cc3)c2C)ccc1I. The molecule has 0 fully saturated rings. The second-order valence-electron chi connectivity index (χ2n) is 6.19. The molecule has 1 aromatic heterocycles. The number of aryl methyl sites for hydroxylation is 1. The molecule has 2 aromatic carbocycles. The zero-order chi connectivity index (χ0) is 20.3. The lowest BCUT2D eigenvalue weighted by molar-refractivity contribution is 0.0954. The molecule has 28 heavy (non-hydrogen) atoms. The fraction of sp³-hybridized carbons (Fsp3) is 0.143. The van der Waals surface area contributed by atoms with Gasteiger partial charge in [0, 0.05) is 33.2 Å². The van der Waals surface area contributed by atoms with Gasteiger partial charge >= 0.3 is 0 Å². The van der Waals surface area contributed by atoms with Gasteiger partial charge in [0.1, 0.15) is 5.75 Å². The van der Waals surface area contributed by atoms with E-state index in [-0.39, 0.29) is 5.91 Å². The number of hydrogen-bond acceptors (Lipinski definition) is 3. The third kappa shape index (κ3) is 4.39. The molecule has 0 radical (unpaired) electrons. The topological polar surface area (TPSA) is 55.6 Å². The van der Waals surface area contributed by atoms with E-state index >= 15 is 0 Å². The van der Waals surface area contributed by atoms with Crippen molar-refractivity contribution < 1.29 is 9.53 Å². The molecule has 3 rings (SSSR count). The van der Waals surface area contributed by atoms with Crippen molar-refractivity contribution in [2.75, 3.05) is 7.11 Å². The molecule has 1 amide bonds. The van der Waals surface area contributed by atoms with Crippen LogP contribution in [0.25, 0.3) is 5.69 Å². The normalized spacial score (nSPS) is 11.0. The standard InChI is InChI=1S/C21H19ClIN3O2/c1-13-10-16(14(2)26(13)18-7-5-17(22)6-8-18)12-24-25-21(27)15-4-9-19(23)20(11-15)28-3/h4-12H,1-3H3,(H,25,27)/b24-12+. The molecule has 0 unspecified atom stereocenters. The van der Waals surface area contributed by atoms with E-state index in [1.165, 1.54) is 0 Å². The first kappa shape index (κ1) is 20.4. The van der Waals surface area contributed by atoms with E-state index in [0.29, 0.717) is 16.3 Å². The molecule has 0 saturated carbocycles. The van der Waals surface area contributed by atoms with Crippen LogP contribution >= 0.6 is 34.2 Å². The van der Waals surface area contributed by atoms with Crippen LogP contribution in [0.1, 0.15) is 27.3 Å². The largest absolute Gasteiger partial charge is 0.496 e. The Bertz CT molecular complexity index is 1040. The first-order valence-corrected chi connectivity index (χ1v) is 9.98. The number of nitrogens with zero attached hydrogens (tertiary/aromatic N) is 2. The van der Waals surface area contributed by atoms with Crippen molar-refractivity contribution in [1.29, 1.82) is 0 Å². The minimum absolute atomic E-state index is 0.294. The Morgan fingerprint density at radius 1 is 1.18 bits per heavy atom. The Hall–Kier alpha value is -2.32. The fourth-order valence-electron chi connectivity index (χ4n) is 2.93. The number of nitrogens with one attached hydrogen (secondary N) is 1. The Morgan fingerprint density at radius 2 is 1.89 bits per heavy atom. The number of hydrazone groups is 1. The molecule has 3 aromatic rings. The first-order valence-electron chi connectivity index (χ1n) is 8.52. The molecule has 0 saturated heterocycles. The summed E-state index contributed by atoms with van der Waals surface area (Å²) in [7, 11) is 1.58. The van der Waals surface area contributed by atoms with Gasteiger partial charge in [0.05, 0.1) is 16.9 Å². The van der Waals surface area contributed by atoms with Crippen LogP contribution in [0.3, 0.4) is 0 Å². The van der Waals surface area contributed by atoms with Gasteiger partial charge in [-0.25, -0.2) is 5.43 Å². The number of rotatable bonds is 5. The minimum Gasteiger partial charge on any atom is -0.496 e. The Balaban J connectivity index is 1.77. The van der Waals surface area contributed by atoms with Gasteiger partial charge < -0.3 is 9.30 Å². The highest BCUT2D eigenvalue weighted by Gasteiger charge is 2.11. The van der Waals surface area contributed by atoms with Crippen molar-refractivity contribution >= 4 is 46.3 Å². The molecule has 0 aliphatic carbocycles. The van der Waals surface area contributed by atoms with Crippen LogP contribution in [0.4, 0.5) is 0 Å². The second-order valence-corrected chi connectivity index (χ2v) is 7.79. The quantitative estimate of drug-likeness (QED) is 0.296. The van der Waals surface area contributed by atoms with Crippen LogP contribution in [-0.2, 0) is 0 Å². The van der Waals surface area contributed by atoms with E-state index in [9.17, 15) is 4.79 Å². The highest BCUT2D eigenvalue weighted by atomic mass is 127. The maximum Gasteiger partial charge on any atom is 0.271 e. The van der Waals surface area contributed by atoms with Crippen molar-refractivity contribution in [3.8, 4) is 11.4 Å². The lowest BCUT2D eigenvalue weighted by atomic mass is 10.2. The van der Waals surface area contributed by atoms with E-state index in [4.69, 9.17) is 16.3 Å². The van der Waals surface area contributed by atoms with E-state index in [1.807, 2.05) is 50.2 Å². The first-order chi connectivity index (χ1) is 13.4. The van der Waals surface area contributed by atoms with Crippen LogP contribution in [0.5, 0.6) is 5.75 Å². The smallest absolute Gasteiger partial charge is 0.271 e. The Kier molecular flexibility index (Phi) is 6.41. The van der Waals surface area contributed by atoms with Gasteiger partial charge in [0.2, 0.25) is 0 Å². The monoisotopic (exact) mass is 507 g/mol. The minimum atomic E-state index is -0.294. The number of carbonyl (C=O) groups is 1.